The first-order chi connectivity index (χ1) is 20.8. The van der Waals surface area contributed by atoms with Crippen LogP contribution in [0.25, 0.3) is 34.4 Å². The van der Waals surface area contributed by atoms with Crippen LogP contribution in [0.5, 0.6) is 0 Å². The standard InChI is InChI=1S/C28H18F12N4S/c1-3-13-5-7-15(19-11-41-43-21(19)25(29,30)31)9-17(13)23(27(35,36)37)45-24(28(38,39)40)18-10-16(8-6-14(18)4-2)20-12-42-44-22(20)26(32,33)34/h3-12,23-24H,1-2H2,(H,41,43)(H,42,44). The molecule has 0 aliphatic heterocycles. The fourth-order valence-electron chi connectivity index (χ4n) is 4.55. The predicted octanol–water partition coefficient (Wildman–Crippen LogP) is 10.4. The van der Waals surface area contributed by atoms with Gasteiger partial charge in [-0.05, 0) is 45.5 Å². The van der Waals surface area contributed by atoms with Crippen molar-refractivity contribution in [1.29, 1.82) is 0 Å². The Bertz CT molecular complexity index is 1570. The lowest BCUT2D eigenvalue weighted by atomic mass is 9.96. The minimum atomic E-state index is -5.41. The molecule has 0 saturated heterocycles. The minimum absolute atomic E-state index is 0.322. The smallest absolute Gasteiger partial charge is 0.284 e. The molecular formula is C28H18F12N4S. The number of aromatic amines is 2. The lowest BCUT2D eigenvalue weighted by Gasteiger charge is -2.29. The molecule has 2 N–H and O–H groups in total. The molecule has 4 nitrogen and oxygen atoms in total. The highest BCUT2D eigenvalue weighted by Gasteiger charge is 2.51. The lowest BCUT2D eigenvalue weighted by molar-refractivity contribution is -0.141. The Hall–Kier alpha value is -4.15. The first kappa shape index (κ1) is 33.7. The maximum atomic E-state index is 14.6. The number of aromatic nitrogens is 4. The number of nitrogens with zero attached hydrogens (tertiary/aromatic N) is 2. The molecule has 0 radical (unpaired) electrons. The Morgan fingerprint density at radius 1 is 0.600 bits per heavy atom. The monoisotopic (exact) mass is 670 g/mol. The Balaban J connectivity index is 1.90. The first-order valence-electron chi connectivity index (χ1n) is 12.3. The van der Waals surface area contributed by atoms with Gasteiger partial charge in [-0.2, -0.15) is 62.9 Å². The molecule has 0 amide bonds. The third-order valence-corrected chi connectivity index (χ3v) is 8.07. The second-order valence-electron chi connectivity index (χ2n) is 9.37. The third-order valence-electron chi connectivity index (χ3n) is 6.48. The molecule has 0 fully saturated rings. The molecule has 240 valence electrons. The summed E-state index contributed by atoms with van der Waals surface area (Å²) >= 11 is -0.637. The molecule has 45 heavy (non-hydrogen) atoms. The number of nitrogens with one attached hydrogen (secondary N) is 2. The lowest BCUT2D eigenvalue weighted by Crippen LogP contribution is -2.26. The summed E-state index contributed by atoms with van der Waals surface area (Å²) in [7, 11) is 0. The number of alkyl halides is 12. The van der Waals surface area contributed by atoms with Crippen molar-refractivity contribution in [2.45, 2.75) is 35.2 Å². The molecule has 4 rings (SSSR count). The van der Waals surface area contributed by atoms with Crippen LogP contribution in [0.15, 0.2) is 61.9 Å². The largest absolute Gasteiger partial charge is 0.435 e. The van der Waals surface area contributed by atoms with Crippen molar-refractivity contribution in [3.63, 3.8) is 0 Å². The number of hydrogen-bond acceptors (Lipinski definition) is 3. The zero-order valence-electron chi connectivity index (χ0n) is 22.2. The Morgan fingerprint density at radius 2 is 0.956 bits per heavy atom. The molecule has 0 aliphatic carbocycles. The summed E-state index contributed by atoms with van der Waals surface area (Å²) in [6, 6.07) is 5.34. The van der Waals surface area contributed by atoms with E-state index in [-0.39, 0.29) is 11.1 Å². The van der Waals surface area contributed by atoms with Crippen molar-refractivity contribution in [2.24, 2.45) is 0 Å². The highest BCUT2D eigenvalue weighted by Crippen LogP contribution is 2.56. The summed E-state index contributed by atoms with van der Waals surface area (Å²) in [5, 5.41) is 4.12. The zero-order valence-corrected chi connectivity index (χ0v) is 23.0. The van der Waals surface area contributed by atoms with Crippen LogP contribution in [-0.4, -0.2) is 32.7 Å². The Morgan fingerprint density at radius 3 is 1.24 bits per heavy atom. The van der Waals surface area contributed by atoms with Gasteiger partial charge in [-0.1, -0.05) is 49.6 Å². The van der Waals surface area contributed by atoms with E-state index in [0.717, 1.165) is 48.8 Å². The van der Waals surface area contributed by atoms with Gasteiger partial charge in [0.2, 0.25) is 0 Å². The van der Waals surface area contributed by atoms with E-state index in [9.17, 15) is 52.7 Å². The summed E-state index contributed by atoms with van der Waals surface area (Å²) in [6.45, 7) is 6.75. The maximum absolute atomic E-state index is 14.6. The minimum Gasteiger partial charge on any atom is -0.284 e. The number of H-pyrrole nitrogens is 2. The average Bonchev–Trinajstić information content (AvgIpc) is 3.62. The fraction of sp³-hybridized carbons (Fsp3) is 0.214. The Kier molecular flexibility index (Phi) is 8.98. The van der Waals surface area contributed by atoms with Crippen molar-refractivity contribution in [1.82, 2.24) is 20.4 Å². The maximum Gasteiger partial charge on any atom is 0.435 e. The summed E-state index contributed by atoms with van der Waals surface area (Å²) < 4.78 is 169. The molecule has 17 heteroatoms. The summed E-state index contributed by atoms with van der Waals surface area (Å²) in [4.78, 5) is 0. The van der Waals surface area contributed by atoms with Gasteiger partial charge >= 0.3 is 24.7 Å². The van der Waals surface area contributed by atoms with E-state index in [1.54, 1.807) is 0 Å². The molecule has 0 aliphatic rings. The van der Waals surface area contributed by atoms with Crippen LogP contribution < -0.4 is 0 Å². The van der Waals surface area contributed by atoms with E-state index in [4.69, 9.17) is 0 Å². The number of hydrogen-bond donors (Lipinski definition) is 2. The van der Waals surface area contributed by atoms with Gasteiger partial charge < -0.3 is 0 Å². The van der Waals surface area contributed by atoms with Crippen molar-refractivity contribution < 1.29 is 52.7 Å². The van der Waals surface area contributed by atoms with Crippen molar-refractivity contribution in [3.8, 4) is 22.3 Å². The van der Waals surface area contributed by atoms with Crippen LogP contribution in [0.1, 0.15) is 44.1 Å². The van der Waals surface area contributed by atoms with E-state index in [1.807, 2.05) is 10.2 Å². The van der Waals surface area contributed by atoms with Crippen LogP contribution in [0, 0.1) is 0 Å². The van der Waals surface area contributed by atoms with Gasteiger partial charge in [0.25, 0.3) is 0 Å². The second-order valence-corrected chi connectivity index (χ2v) is 10.6. The van der Waals surface area contributed by atoms with E-state index in [0.29, 0.717) is 12.1 Å². The summed E-state index contributed by atoms with van der Waals surface area (Å²) in [5.74, 6) is 0. The van der Waals surface area contributed by atoms with Crippen LogP contribution in [0.3, 0.4) is 0 Å². The normalized spacial score (nSPS) is 14.3. The van der Waals surface area contributed by atoms with Gasteiger partial charge in [0.15, 0.2) is 11.4 Å². The quantitative estimate of drug-likeness (QED) is 0.184. The molecule has 2 heterocycles. The topological polar surface area (TPSA) is 57.4 Å². The van der Waals surface area contributed by atoms with Crippen LogP contribution in [0.4, 0.5) is 52.7 Å². The van der Waals surface area contributed by atoms with E-state index in [2.05, 4.69) is 23.4 Å². The molecule has 4 aromatic rings. The number of halogens is 12. The van der Waals surface area contributed by atoms with Gasteiger partial charge in [0.1, 0.15) is 10.5 Å². The van der Waals surface area contributed by atoms with Crippen LogP contribution in [0.2, 0.25) is 0 Å². The van der Waals surface area contributed by atoms with Gasteiger partial charge in [-0.25, -0.2) is 0 Å². The number of thioether (sulfide) groups is 1. The molecule has 0 saturated carbocycles. The summed E-state index contributed by atoms with van der Waals surface area (Å²) in [6.07, 6.45) is -17.5. The SMILES string of the molecule is C=Cc1ccc(-c2c[nH]nc2C(F)(F)F)cc1C(SC(c1cc(-c2c[nH]nc2C(F)(F)F)ccc1C=C)C(F)(F)F)C(F)(F)F. The zero-order chi connectivity index (χ0) is 33.5. The van der Waals surface area contributed by atoms with Gasteiger partial charge in [-0.15, -0.1) is 11.8 Å². The molecular weight excluding hydrogens is 652 g/mol. The summed E-state index contributed by atoms with van der Waals surface area (Å²) in [5.41, 5.74) is -7.41. The highest BCUT2D eigenvalue weighted by atomic mass is 32.2. The molecule has 2 aromatic heterocycles. The number of benzene rings is 2. The molecule has 0 spiro atoms. The third kappa shape index (κ3) is 7.07. The Labute approximate surface area is 250 Å². The van der Waals surface area contributed by atoms with Crippen molar-refractivity contribution in [3.05, 3.63) is 95.6 Å². The molecule has 0 bridgehead atoms. The molecule has 2 aromatic carbocycles. The molecule has 2 unspecified atom stereocenters. The van der Waals surface area contributed by atoms with Gasteiger partial charge in [-0.3, -0.25) is 10.2 Å². The van der Waals surface area contributed by atoms with E-state index >= 15 is 0 Å². The van der Waals surface area contributed by atoms with E-state index < -0.39 is 91.7 Å². The van der Waals surface area contributed by atoms with Gasteiger partial charge in [0.05, 0.1) is 0 Å². The fourth-order valence-corrected chi connectivity index (χ4v) is 5.83. The predicted molar refractivity (Wildman–Crippen MR) is 143 cm³/mol. The van der Waals surface area contributed by atoms with Crippen molar-refractivity contribution >= 4 is 23.9 Å². The number of rotatable bonds is 8. The average molecular weight is 671 g/mol. The second kappa shape index (κ2) is 12.0. The molecule has 2 atom stereocenters. The first-order valence-corrected chi connectivity index (χ1v) is 13.3. The van der Waals surface area contributed by atoms with Crippen LogP contribution >= 0.6 is 11.8 Å². The van der Waals surface area contributed by atoms with E-state index in [1.165, 1.54) is 0 Å². The van der Waals surface area contributed by atoms with Crippen molar-refractivity contribution in [2.75, 3.05) is 0 Å². The van der Waals surface area contributed by atoms with Gasteiger partial charge in [0, 0.05) is 23.5 Å². The van der Waals surface area contributed by atoms with Crippen LogP contribution in [-0.2, 0) is 12.4 Å². The highest BCUT2D eigenvalue weighted by molar-refractivity contribution is 7.99.